The second kappa shape index (κ2) is 7.59. The minimum atomic E-state index is -3.82. The van der Waals surface area contributed by atoms with E-state index in [1.54, 1.807) is 0 Å². The lowest BCUT2D eigenvalue weighted by Gasteiger charge is -2.24. The third-order valence-corrected chi connectivity index (χ3v) is 6.29. The van der Waals surface area contributed by atoms with Crippen molar-refractivity contribution in [3.63, 3.8) is 0 Å². The minimum Gasteiger partial charge on any atom is -0.350 e. The van der Waals surface area contributed by atoms with Crippen LogP contribution < -0.4 is 4.72 Å². The Morgan fingerprint density at radius 3 is 2.59 bits per heavy atom. The topological polar surface area (TPSA) is 54.3 Å². The van der Waals surface area contributed by atoms with Crippen molar-refractivity contribution in [1.29, 1.82) is 0 Å². The van der Waals surface area contributed by atoms with Gasteiger partial charge in [-0.25, -0.2) is 17.5 Å². The van der Waals surface area contributed by atoms with E-state index >= 15 is 0 Å². The molecule has 0 saturated heterocycles. The number of aryl methyl sites for hydroxylation is 1. The Bertz CT molecular complexity index is 1080. The standard InChI is InChI=1S/C19H21ClFN3O2S/c1-23(2)19(15-12-24(3)18-7-5-4-6-14(15)18)11-22-27(25,26)13-8-9-17(21)16(20)10-13/h4-10,12,19,22H,11H2,1-3H3. The molecule has 0 bridgehead atoms. The fourth-order valence-corrected chi connectivity index (χ4v) is 4.43. The molecule has 3 rings (SSSR count). The molecule has 1 heterocycles. The Morgan fingerprint density at radius 2 is 1.93 bits per heavy atom. The van der Waals surface area contributed by atoms with Gasteiger partial charge in [-0.15, -0.1) is 0 Å². The van der Waals surface area contributed by atoms with Crippen molar-refractivity contribution in [2.24, 2.45) is 7.05 Å². The van der Waals surface area contributed by atoms with Crippen LogP contribution in [0, 0.1) is 5.82 Å². The molecule has 1 atom stereocenters. The molecule has 2 aromatic carbocycles. The number of likely N-dealkylation sites (N-methyl/N-ethyl adjacent to an activating group) is 1. The zero-order valence-corrected chi connectivity index (χ0v) is 16.9. The van der Waals surface area contributed by atoms with E-state index in [9.17, 15) is 12.8 Å². The van der Waals surface area contributed by atoms with Crippen LogP contribution in [0.1, 0.15) is 11.6 Å². The van der Waals surface area contributed by atoms with Gasteiger partial charge < -0.3 is 9.47 Å². The van der Waals surface area contributed by atoms with Gasteiger partial charge in [-0.3, -0.25) is 0 Å². The number of halogens is 2. The predicted molar refractivity (Wildman–Crippen MR) is 106 cm³/mol. The van der Waals surface area contributed by atoms with Gasteiger partial charge in [-0.05, 0) is 43.9 Å². The summed E-state index contributed by atoms with van der Waals surface area (Å²) in [6.07, 6.45) is 2.01. The quantitative estimate of drug-likeness (QED) is 0.677. The lowest BCUT2D eigenvalue weighted by molar-refractivity contribution is 0.301. The highest BCUT2D eigenvalue weighted by molar-refractivity contribution is 7.89. The van der Waals surface area contributed by atoms with E-state index < -0.39 is 15.8 Å². The molecule has 0 aliphatic carbocycles. The number of hydrogen-bond acceptors (Lipinski definition) is 3. The molecule has 8 heteroatoms. The summed E-state index contributed by atoms with van der Waals surface area (Å²) in [5.74, 6) is -0.655. The normalized spacial score (nSPS) is 13.4. The first kappa shape index (κ1) is 19.8. The van der Waals surface area contributed by atoms with Crippen molar-refractivity contribution >= 4 is 32.5 Å². The smallest absolute Gasteiger partial charge is 0.240 e. The minimum absolute atomic E-state index is 0.0654. The maximum atomic E-state index is 13.3. The molecule has 3 aromatic rings. The van der Waals surface area contributed by atoms with E-state index in [1.807, 2.05) is 61.1 Å². The first-order chi connectivity index (χ1) is 12.7. The Hall–Kier alpha value is -1.93. The van der Waals surface area contributed by atoms with Gasteiger partial charge >= 0.3 is 0 Å². The van der Waals surface area contributed by atoms with Crippen molar-refractivity contribution in [3.05, 3.63) is 65.1 Å². The van der Waals surface area contributed by atoms with E-state index in [4.69, 9.17) is 11.6 Å². The molecule has 144 valence electrons. The first-order valence-electron chi connectivity index (χ1n) is 8.36. The van der Waals surface area contributed by atoms with E-state index in [2.05, 4.69) is 4.72 Å². The van der Waals surface area contributed by atoms with Crippen molar-refractivity contribution in [3.8, 4) is 0 Å². The zero-order chi connectivity index (χ0) is 19.8. The van der Waals surface area contributed by atoms with Crippen LogP contribution in [0.15, 0.2) is 53.6 Å². The highest BCUT2D eigenvalue weighted by Crippen LogP contribution is 2.28. The molecule has 5 nitrogen and oxygen atoms in total. The molecule has 0 fully saturated rings. The number of nitrogens with zero attached hydrogens (tertiary/aromatic N) is 2. The van der Waals surface area contributed by atoms with Crippen LogP contribution in [0.5, 0.6) is 0 Å². The van der Waals surface area contributed by atoms with E-state index in [0.717, 1.165) is 28.6 Å². The van der Waals surface area contributed by atoms with E-state index in [1.165, 1.54) is 6.07 Å². The Labute approximate surface area is 163 Å². The highest BCUT2D eigenvalue weighted by atomic mass is 35.5. The molecule has 0 saturated carbocycles. The molecule has 0 aliphatic heterocycles. The van der Waals surface area contributed by atoms with Crippen LogP contribution in [-0.4, -0.2) is 38.5 Å². The number of aromatic nitrogens is 1. The number of rotatable bonds is 6. The summed E-state index contributed by atoms with van der Waals surface area (Å²) >= 11 is 5.72. The Morgan fingerprint density at radius 1 is 1.22 bits per heavy atom. The van der Waals surface area contributed by atoms with Crippen LogP contribution >= 0.6 is 11.6 Å². The van der Waals surface area contributed by atoms with Gasteiger partial charge in [0.15, 0.2) is 0 Å². The number of hydrogen-bond donors (Lipinski definition) is 1. The summed E-state index contributed by atoms with van der Waals surface area (Å²) in [6, 6.07) is 11.2. The second-order valence-electron chi connectivity index (χ2n) is 6.62. The highest BCUT2D eigenvalue weighted by Gasteiger charge is 2.23. The SMILES string of the molecule is CN(C)C(CNS(=O)(=O)c1ccc(F)c(Cl)c1)c1cn(C)c2ccccc12. The number of para-hydroxylation sites is 1. The Balaban J connectivity index is 1.90. The maximum Gasteiger partial charge on any atom is 0.240 e. The lowest BCUT2D eigenvalue weighted by atomic mass is 10.1. The van der Waals surface area contributed by atoms with Gasteiger partial charge in [0.05, 0.1) is 9.92 Å². The zero-order valence-electron chi connectivity index (χ0n) is 15.3. The third-order valence-electron chi connectivity index (χ3n) is 4.58. The fraction of sp³-hybridized carbons (Fsp3) is 0.263. The molecule has 0 spiro atoms. The molecule has 1 N–H and O–H groups in total. The van der Waals surface area contributed by atoms with Gasteiger partial charge in [0, 0.05) is 36.7 Å². The summed E-state index contributed by atoms with van der Waals surface area (Å²) in [5.41, 5.74) is 2.10. The van der Waals surface area contributed by atoms with Crippen LogP contribution in [0.2, 0.25) is 5.02 Å². The maximum absolute atomic E-state index is 13.3. The summed E-state index contributed by atoms with van der Waals surface area (Å²) in [4.78, 5) is 1.89. The van der Waals surface area contributed by atoms with Crippen LogP contribution in [-0.2, 0) is 17.1 Å². The molecule has 1 unspecified atom stereocenters. The number of nitrogens with one attached hydrogen (secondary N) is 1. The lowest BCUT2D eigenvalue weighted by Crippen LogP contribution is -2.34. The fourth-order valence-electron chi connectivity index (χ4n) is 3.13. The Kier molecular flexibility index (Phi) is 5.58. The number of sulfonamides is 1. The van der Waals surface area contributed by atoms with Gasteiger partial charge in [0.1, 0.15) is 5.82 Å². The van der Waals surface area contributed by atoms with E-state index in [-0.39, 0.29) is 22.5 Å². The van der Waals surface area contributed by atoms with Gasteiger partial charge in [-0.2, -0.15) is 0 Å². The third kappa shape index (κ3) is 4.01. The van der Waals surface area contributed by atoms with Crippen LogP contribution in [0.25, 0.3) is 10.9 Å². The molecule has 0 aliphatic rings. The number of benzene rings is 2. The average molecular weight is 410 g/mol. The molecule has 0 amide bonds. The van der Waals surface area contributed by atoms with Gasteiger partial charge in [0.2, 0.25) is 10.0 Å². The van der Waals surface area contributed by atoms with E-state index in [0.29, 0.717) is 0 Å². The molecule has 1 aromatic heterocycles. The van der Waals surface area contributed by atoms with Crippen molar-refractivity contribution in [2.75, 3.05) is 20.6 Å². The van der Waals surface area contributed by atoms with Gasteiger partial charge in [-0.1, -0.05) is 29.8 Å². The van der Waals surface area contributed by atoms with Crippen LogP contribution in [0.4, 0.5) is 4.39 Å². The van der Waals surface area contributed by atoms with Crippen molar-refractivity contribution in [2.45, 2.75) is 10.9 Å². The first-order valence-corrected chi connectivity index (χ1v) is 10.2. The molecule has 0 radical (unpaired) electrons. The van der Waals surface area contributed by atoms with Gasteiger partial charge in [0.25, 0.3) is 0 Å². The average Bonchev–Trinajstić information content (AvgIpc) is 2.94. The second-order valence-corrected chi connectivity index (χ2v) is 8.79. The molecular weight excluding hydrogens is 389 g/mol. The predicted octanol–water partition coefficient (Wildman–Crippen LogP) is 3.55. The molecule has 27 heavy (non-hydrogen) atoms. The van der Waals surface area contributed by atoms with Crippen LogP contribution in [0.3, 0.4) is 0 Å². The summed E-state index contributed by atoms with van der Waals surface area (Å²) in [7, 11) is 1.94. The van der Waals surface area contributed by atoms with Crippen molar-refractivity contribution in [1.82, 2.24) is 14.2 Å². The summed E-state index contributed by atoms with van der Waals surface area (Å²) < 4.78 is 43.2. The summed E-state index contributed by atoms with van der Waals surface area (Å²) in [6.45, 7) is 0.165. The number of fused-ring (bicyclic) bond motifs is 1. The molecular formula is C19H21ClFN3O2S. The largest absolute Gasteiger partial charge is 0.350 e. The summed E-state index contributed by atoms with van der Waals surface area (Å²) in [5, 5.41) is 0.846. The monoisotopic (exact) mass is 409 g/mol. The van der Waals surface area contributed by atoms with Crippen molar-refractivity contribution < 1.29 is 12.8 Å².